The Morgan fingerprint density at radius 3 is 2.54 bits per heavy atom. The fourth-order valence-corrected chi connectivity index (χ4v) is 2.43. The largest absolute Gasteiger partial charge is 0.466 e. The van der Waals surface area contributed by atoms with Gasteiger partial charge in [0.2, 0.25) is 5.91 Å². The molecule has 0 unspecified atom stereocenters. The molecular weight excluding hydrogens is 304 g/mol. The van der Waals surface area contributed by atoms with E-state index in [1.165, 1.54) is 0 Å². The van der Waals surface area contributed by atoms with Crippen LogP contribution in [0.15, 0.2) is 53.5 Å². The SMILES string of the molecule is C=CCN(Cc1ccccc1)C(=O)CNC(=O)c1cc(C)oc1C. The predicted octanol–water partition coefficient (Wildman–Crippen LogP) is 2.84. The maximum absolute atomic E-state index is 12.4. The lowest BCUT2D eigenvalue weighted by molar-refractivity contribution is -0.130. The number of carbonyl (C=O) groups is 2. The van der Waals surface area contributed by atoms with Crippen molar-refractivity contribution in [3.05, 3.63) is 71.7 Å². The van der Waals surface area contributed by atoms with Gasteiger partial charge in [0.05, 0.1) is 12.1 Å². The molecule has 2 aromatic rings. The molecule has 5 nitrogen and oxygen atoms in total. The zero-order chi connectivity index (χ0) is 17.5. The zero-order valence-electron chi connectivity index (χ0n) is 14.0. The highest BCUT2D eigenvalue weighted by Gasteiger charge is 2.17. The second-order valence-electron chi connectivity index (χ2n) is 5.56. The fraction of sp³-hybridized carbons (Fsp3) is 0.263. The van der Waals surface area contributed by atoms with E-state index < -0.39 is 0 Å². The van der Waals surface area contributed by atoms with Gasteiger partial charge in [0, 0.05) is 13.1 Å². The smallest absolute Gasteiger partial charge is 0.255 e. The van der Waals surface area contributed by atoms with E-state index in [1.807, 2.05) is 30.3 Å². The number of carbonyl (C=O) groups excluding carboxylic acids is 2. The summed E-state index contributed by atoms with van der Waals surface area (Å²) in [5.41, 5.74) is 1.49. The van der Waals surface area contributed by atoms with E-state index in [0.717, 1.165) is 5.56 Å². The van der Waals surface area contributed by atoms with Gasteiger partial charge in [0.1, 0.15) is 11.5 Å². The lowest BCUT2D eigenvalue weighted by atomic mass is 10.2. The topological polar surface area (TPSA) is 62.6 Å². The minimum Gasteiger partial charge on any atom is -0.466 e. The number of nitrogens with zero attached hydrogens (tertiary/aromatic N) is 1. The van der Waals surface area contributed by atoms with Gasteiger partial charge in [0.15, 0.2) is 0 Å². The number of amides is 2. The summed E-state index contributed by atoms with van der Waals surface area (Å²) >= 11 is 0. The van der Waals surface area contributed by atoms with E-state index in [9.17, 15) is 9.59 Å². The fourth-order valence-electron chi connectivity index (χ4n) is 2.43. The summed E-state index contributed by atoms with van der Waals surface area (Å²) in [6, 6.07) is 11.4. The molecule has 1 aromatic heterocycles. The molecule has 0 saturated carbocycles. The van der Waals surface area contributed by atoms with Gasteiger partial charge in [-0.1, -0.05) is 36.4 Å². The van der Waals surface area contributed by atoms with E-state index in [-0.39, 0.29) is 18.4 Å². The molecule has 0 aliphatic carbocycles. The molecule has 0 aliphatic heterocycles. The van der Waals surface area contributed by atoms with Crippen LogP contribution in [0.4, 0.5) is 0 Å². The van der Waals surface area contributed by atoms with Gasteiger partial charge in [-0.25, -0.2) is 0 Å². The summed E-state index contributed by atoms with van der Waals surface area (Å²) < 4.78 is 5.34. The van der Waals surface area contributed by atoms with Gasteiger partial charge in [-0.15, -0.1) is 6.58 Å². The molecule has 1 aromatic carbocycles. The van der Waals surface area contributed by atoms with Crippen molar-refractivity contribution >= 4 is 11.8 Å². The Morgan fingerprint density at radius 1 is 1.25 bits per heavy atom. The van der Waals surface area contributed by atoms with Gasteiger partial charge >= 0.3 is 0 Å². The van der Waals surface area contributed by atoms with E-state index in [2.05, 4.69) is 11.9 Å². The molecule has 0 atom stereocenters. The molecule has 0 spiro atoms. The average molecular weight is 326 g/mol. The molecule has 1 heterocycles. The predicted molar refractivity (Wildman–Crippen MR) is 92.6 cm³/mol. The first-order valence-corrected chi connectivity index (χ1v) is 7.79. The van der Waals surface area contributed by atoms with Crippen LogP contribution >= 0.6 is 0 Å². The molecule has 2 rings (SSSR count). The van der Waals surface area contributed by atoms with Crippen LogP contribution in [0.3, 0.4) is 0 Å². The standard InChI is InChI=1S/C19H22N2O3/c1-4-10-21(13-16-8-6-5-7-9-16)18(22)12-20-19(23)17-11-14(2)24-15(17)3/h4-9,11H,1,10,12-13H2,2-3H3,(H,20,23). The van der Waals surface area contributed by atoms with Crippen molar-refractivity contribution in [2.75, 3.05) is 13.1 Å². The van der Waals surface area contributed by atoms with Crippen LogP contribution < -0.4 is 5.32 Å². The maximum atomic E-state index is 12.4. The Balaban J connectivity index is 1.96. The Hall–Kier alpha value is -2.82. The van der Waals surface area contributed by atoms with Crippen molar-refractivity contribution in [3.63, 3.8) is 0 Å². The highest BCUT2D eigenvalue weighted by atomic mass is 16.3. The summed E-state index contributed by atoms with van der Waals surface area (Å²) in [4.78, 5) is 26.2. The Labute approximate surface area is 142 Å². The number of nitrogens with one attached hydrogen (secondary N) is 1. The van der Waals surface area contributed by atoms with Crippen LogP contribution in [-0.2, 0) is 11.3 Å². The molecule has 126 valence electrons. The number of rotatable bonds is 7. The van der Waals surface area contributed by atoms with Gasteiger partial charge < -0.3 is 14.6 Å². The number of furan rings is 1. The first-order chi connectivity index (χ1) is 11.5. The van der Waals surface area contributed by atoms with E-state index in [4.69, 9.17) is 4.42 Å². The number of hydrogen-bond donors (Lipinski definition) is 1. The summed E-state index contributed by atoms with van der Waals surface area (Å²) in [6.45, 7) is 8.03. The first kappa shape index (κ1) is 17.5. The average Bonchev–Trinajstić information content (AvgIpc) is 2.91. The Morgan fingerprint density at radius 2 is 1.96 bits per heavy atom. The van der Waals surface area contributed by atoms with E-state index >= 15 is 0 Å². The molecule has 5 heteroatoms. The van der Waals surface area contributed by atoms with Crippen LogP contribution in [0.1, 0.15) is 27.4 Å². The van der Waals surface area contributed by atoms with Crippen LogP contribution in [0.2, 0.25) is 0 Å². The van der Waals surface area contributed by atoms with E-state index in [1.54, 1.807) is 30.9 Å². The Kier molecular flexibility index (Phi) is 5.95. The Bertz CT molecular complexity index is 719. The van der Waals surface area contributed by atoms with Crippen LogP contribution in [0, 0.1) is 13.8 Å². The van der Waals surface area contributed by atoms with Crippen LogP contribution in [0.25, 0.3) is 0 Å². The van der Waals surface area contributed by atoms with Crippen molar-refractivity contribution in [3.8, 4) is 0 Å². The molecule has 0 fully saturated rings. The highest BCUT2D eigenvalue weighted by Crippen LogP contribution is 2.13. The van der Waals surface area contributed by atoms with Gasteiger partial charge in [-0.3, -0.25) is 9.59 Å². The van der Waals surface area contributed by atoms with Crippen molar-refractivity contribution < 1.29 is 14.0 Å². The number of aryl methyl sites for hydroxylation is 2. The maximum Gasteiger partial charge on any atom is 0.255 e. The molecule has 0 radical (unpaired) electrons. The van der Waals surface area contributed by atoms with Crippen molar-refractivity contribution in [2.24, 2.45) is 0 Å². The molecule has 0 bridgehead atoms. The summed E-state index contributed by atoms with van der Waals surface area (Å²) in [5.74, 6) is 0.743. The lowest BCUT2D eigenvalue weighted by Gasteiger charge is -2.21. The summed E-state index contributed by atoms with van der Waals surface area (Å²) in [6.07, 6.45) is 1.67. The molecule has 1 N–H and O–H groups in total. The lowest BCUT2D eigenvalue weighted by Crippen LogP contribution is -2.40. The molecule has 24 heavy (non-hydrogen) atoms. The second kappa shape index (κ2) is 8.15. The monoisotopic (exact) mass is 326 g/mol. The number of hydrogen-bond acceptors (Lipinski definition) is 3. The molecular formula is C19H22N2O3. The minimum atomic E-state index is -0.309. The molecule has 2 amide bonds. The third kappa shape index (κ3) is 4.59. The third-order valence-electron chi connectivity index (χ3n) is 3.60. The van der Waals surface area contributed by atoms with Crippen molar-refractivity contribution in [1.82, 2.24) is 10.2 Å². The summed E-state index contributed by atoms with van der Waals surface area (Å²) in [5, 5.41) is 2.65. The highest BCUT2D eigenvalue weighted by molar-refractivity contribution is 5.97. The third-order valence-corrected chi connectivity index (χ3v) is 3.60. The molecule has 0 saturated heterocycles. The first-order valence-electron chi connectivity index (χ1n) is 7.79. The van der Waals surface area contributed by atoms with Crippen molar-refractivity contribution in [1.29, 1.82) is 0 Å². The van der Waals surface area contributed by atoms with Crippen LogP contribution in [0.5, 0.6) is 0 Å². The summed E-state index contributed by atoms with van der Waals surface area (Å²) in [7, 11) is 0. The van der Waals surface area contributed by atoms with Crippen LogP contribution in [-0.4, -0.2) is 29.8 Å². The number of benzene rings is 1. The van der Waals surface area contributed by atoms with E-state index in [0.29, 0.717) is 30.2 Å². The van der Waals surface area contributed by atoms with Gasteiger partial charge in [-0.05, 0) is 25.5 Å². The minimum absolute atomic E-state index is 0.0663. The molecule has 0 aliphatic rings. The zero-order valence-corrected chi connectivity index (χ0v) is 14.0. The van der Waals surface area contributed by atoms with Gasteiger partial charge in [-0.2, -0.15) is 0 Å². The normalized spacial score (nSPS) is 10.2. The van der Waals surface area contributed by atoms with Crippen molar-refractivity contribution in [2.45, 2.75) is 20.4 Å². The second-order valence-corrected chi connectivity index (χ2v) is 5.56. The van der Waals surface area contributed by atoms with Gasteiger partial charge in [0.25, 0.3) is 5.91 Å². The quantitative estimate of drug-likeness (QED) is 0.796.